The molecule has 1 heterocycles. The summed E-state index contributed by atoms with van der Waals surface area (Å²) in [7, 11) is -3.74. The average Bonchev–Trinajstić information content (AvgIpc) is 2.76. The predicted molar refractivity (Wildman–Crippen MR) is 77.3 cm³/mol. The molecule has 0 radical (unpaired) electrons. The summed E-state index contributed by atoms with van der Waals surface area (Å²) in [4.78, 5) is 0.148. The van der Waals surface area contributed by atoms with E-state index in [4.69, 9.17) is 0 Å². The second-order valence-electron chi connectivity index (χ2n) is 4.43. The van der Waals surface area contributed by atoms with Gasteiger partial charge in [-0.15, -0.1) is 10.2 Å². The molecule has 0 saturated heterocycles. The Morgan fingerprint density at radius 3 is 2.50 bits per heavy atom. The molecule has 1 aromatic heterocycles. The van der Waals surface area contributed by atoms with Crippen LogP contribution in [0.2, 0.25) is 0 Å². The van der Waals surface area contributed by atoms with E-state index in [1.165, 1.54) is 17.4 Å². The first kappa shape index (κ1) is 14.9. The second kappa shape index (κ2) is 5.47. The number of benzene rings is 1. The maximum atomic E-state index is 12.4. The van der Waals surface area contributed by atoms with Gasteiger partial charge in [-0.3, -0.25) is 4.72 Å². The number of aryl methyl sites for hydroxylation is 2. The van der Waals surface area contributed by atoms with E-state index in [9.17, 15) is 13.5 Å². The summed E-state index contributed by atoms with van der Waals surface area (Å²) in [6.45, 7) is 5.08. The van der Waals surface area contributed by atoms with Crippen molar-refractivity contribution in [3.05, 3.63) is 33.8 Å². The molecule has 2 N–H and O–H groups in total. The Morgan fingerprint density at radius 2 is 1.95 bits per heavy atom. The first-order valence-corrected chi connectivity index (χ1v) is 8.17. The second-order valence-corrected chi connectivity index (χ2v) is 7.26. The van der Waals surface area contributed by atoms with Crippen LogP contribution < -0.4 is 4.72 Å². The molecule has 0 fully saturated rings. The van der Waals surface area contributed by atoms with Crippen molar-refractivity contribution in [1.29, 1.82) is 0 Å². The Balaban J connectivity index is 2.46. The van der Waals surface area contributed by atoms with Crippen LogP contribution in [0, 0.1) is 20.8 Å². The van der Waals surface area contributed by atoms with Gasteiger partial charge in [0.1, 0.15) is 5.01 Å². The highest BCUT2D eigenvalue weighted by Crippen LogP contribution is 2.24. The number of aliphatic hydroxyl groups is 1. The number of aliphatic hydroxyl groups excluding tert-OH is 1. The average molecular weight is 313 g/mol. The van der Waals surface area contributed by atoms with Gasteiger partial charge in [-0.1, -0.05) is 17.4 Å². The van der Waals surface area contributed by atoms with Crippen LogP contribution in [-0.2, 0) is 16.6 Å². The third-order valence-corrected chi connectivity index (χ3v) is 5.25. The van der Waals surface area contributed by atoms with Crippen LogP contribution in [0.25, 0.3) is 0 Å². The Kier molecular flexibility index (Phi) is 4.07. The summed E-state index contributed by atoms with van der Waals surface area (Å²) < 4.78 is 27.2. The van der Waals surface area contributed by atoms with Gasteiger partial charge in [0.05, 0.1) is 11.5 Å². The van der Waals surface area contributed by atoms with E-state index in [2.05, 4.69) is 14.9 Å². The normalized spacial score (nSPS) is 11.6. The quantitative estimate of drug-likeness (QED) is 0.897. The number of aromatic nitrogens is 2. The first-order valence-electron chi connectivity index (χ1n) is 5.87. The lowest BCUT2D eigenvalue weighted by molar-refractivity contribution is 0.281. The molecule has 2 aromatic rings. The van der Waals surface area contributed by atoms with Gasteiger partial charge in [0, 0.05) is 0 Å². The largest absolute Gasteiger partial charge is 0.392 e. The molecule has 1 aromatic carbocycles. The third-order valence-electron chi connectivity index (χ3n) is 2.90. The minimum atomic E-state index is -3.74. The van der Waals surface area contributed by atoms with Gasteiger partial charge < -0.3 is 5.11 Å². The molecule has 0 atom stereocenters. The van der Waals surface area contributed by atoms with E-state index in [0.717, 1.165) is 5.56 Å². The molecule has 0 aliphatic carbocycles. The highest BCUT2D eigenvalue weighted by molar-refractivity contribution is 7.93. The lowest BCUT2D eigenvalue weighted by Gasteiger charge is -2.12. The monoisotopic (exact) mass is 313 g/mol. The van der Waals surface area contributed by atoms with E-state index in [1.807, 2.05) is 6.92 Å². The van der Waals surface area contributed by atoms with Crippen LogP contribution in [0.4, 0.5) is 5.13 Å². The van der Waals surface area contributed by atoms with Gasteiger partial charge in [0.25, 0.3) is 10.0 Å². The van der Waals surface area contributed by atoms with Crippen LogP contribution in [0.15, 0.2) is 17.0 Å². The van der Waals surface area contributed by atoms with Crippen molar-refractivity contribution < 1.29 is 13.5 Å². The fraction of sp³-hybridized carbons (Fsp3) is 0.333. The van der Waals surface area contributed by atoms with Gasteiger partial charge in [0.15, 0.2) is 0 Å². The summed E-state index contributed by atoms with van der Waals surface area (Å²) in [5.41, 5.74) is 2.02. The lowest BCUT2D eigenvalue weighted by atomic mass is 10.1. The molecular formula is C12H15N3O3S2. The molecule has 0 aliphatic rings. The number of nitrogens with zero attached hydrogens (tertiary/aromatic N) is 2. The van der Waals surface area contributed by atoms with Crippen molar-refractivity contribution in [2.45, 2.75) is 32.3 Å². The van der Waals surface area contributed by atoms with E-state index in [0.29, 0.717) is 16.1 Å². The van der Waals surface area contributed by atoms with Gasteiger partial charge in [-0.2, -0.15) is 0 Å². The van der Waals surface area contributed by atoms with E-state index in [1.54, 1.807) is 19.9 Å². The molecule has 0 unspecified atom stereocenters. The summed E-state index contributed by atoms with van der Waals surface area (Å²) in [5, 5.41) is 17.6. The molecular weight excluding hydrogens is 298 g/mol. The van der Waals surface area contributed by atoms with Crippen LogP contribution >= 0.6 is 11.3 Å². The summed E-state index contributed by atoms with van der Waals surface area (Å²) in [6, 6.07) is 3.24. The highest BCUT2D eigenvalue weighted by Gasteiger charge is 2.20. The zero-order chi connectivity index (χ0) is 14.9. The molecule has 108 valence electrons. The molecule has 0 spiro atoms. The molecule has 20 heavy (non-hydrogen) atoms. The maximum absolute atomic E-state index is 12.4. The van der Waals surface area contributed by atoms with Gasteiger partial charge in [0.2, 0.25) is 5.13 Å². The van der Waals surface area contributed by atoms with Crippen molar-refractivity contribution in [3.8, 4) is 0 Å². The van der Waals surface area contributed by atoms with Crippen LogP contribution in [0.5, 0.6) is 0 Å². The fourth-order valence-corrected chi connectivity index (χ4v) is 3.97. The van der Waals surface area contributed by atoms with Gasteiger partial charge in [-0.25, -0.2) is 8.42 Å². The van der Waals surface area contributed by atoms with E-state index >= 15 is 0 Å². The molecule has 2 rings (SSSR count). The topological polar surface area (TPSA) is 92.2 Å². The Hall–Kier alpha value is -1.51. The number of nitrogens with one attached hydrogen (secondary N) is 1. The van der Waals surface area contributed by atoms with Crippen molar-refractivity contribution in [2.24, 2.45) is 0 Å². The summed E-state index contributed by atoms with van der Waals surface area (Å²) in [6.07, 6.45) is 0. The lowest BCUT2D eigenvalue weighted by Crippen LogP contribution is -2.15. The minimum absolute atomic E-state index is 0.148. The maximum Gasteiger partial charge on any atom is 0.263 e. The van der Waals surface area contributed by atoms with Crippen molar-refractivity contribution >= 4 is 26.5 Å². The smallest absolute Gasteiger partial charge is 0.263 e. The molecule has 0 saturated carbocycles. The van der Waals surface area contributed by atoms with Crippen LogP contribution in [0.3, 0.4) is 0 Å². The van der Waals surface area contributed by atoms with Gasteiger partial charge >= 0.3 is 0 Å². The highest BCUT2D eigenvalue weighted by atomic mass is 32.2. The SMILES string of the molecule is Cc1nnc(NS(=O)(=O)c2cc(CO)cc(C)c2C)s1. The zero-order valence-corrected chi connectivity index (χ0v) is 13.0. The Labute approximate surface area is 121 Å². The van der Waals surface area contributed by atoms with Crippen LogP contribution in [0.1, 0.15) is 21.7 Å². The number of anilines is 1. The number of hydrogen-bond acceptors (Lipinski definition) is 6. The summed E-state index contributed by atoms with van der Waals surface area (Å²) >= 11 is 1.17. The van der Waals surface area contributed by atoms with E-state index in [-0.39, 0.29) is 16.6 Å². The Morgan fingerprint density at radius 1 is 1.25 bits per heavy atom. The third kappa shape index (κ3) is 2.97. The molecule has 0 bridgehead atoms. The van der Waals surface area contributed by atoms with Crippen LogP contribution in [-0.4, -0.2) is 23.7 Å². The number of sulfonamides is 1. The van der Waals surface area contributed by atoms with Crippen molar-refractivity contribution in [2.75, 3.05) is 4.72 Å². The minimum Gasteiger partial charge on any atom is -0.392 e. The summed E-state index contributed by atoms with van der Waals surface area (Å²) in [5.74, 6) is 0. The Bertz CT molecular complexity index is 738. The molecule has 0 aliphatic heterocycles. The predicted octanol–water partition coefficient (Wildman–Crippen LogP) is 1.76. The number of hydrogen-bond donors (Lipinski definition) is 2. The van der Waals surface area contributed by atoms with Gasteiger partial charge in [-0.05, 0) is 43.5 Å². The molecule has 8 heteroatoms. The molecule has 0 amide bonds. The molecule has 6 nitrogen and oxygen atoms in total. The number of rotatable bonds is 4. The first-order chi connectivity index (χ1) is 9.33. The fourth-order valence-electron chi connectivity index (χ4n) is 1.78. The van der Waals surface area contributed by atoms with Crippen molar-refractivity contribution in [1.82, 2.24) is 10.2 Å². The standard InChI is InChI=1S/C12H15N3O3S2/c1-7-4-10(6-16)5-11(8(7)2)20(17,18)15-12-14-13-9(3)19-12/h4-5,16H,6H2,1-3H3,(H,14,15). The zero-order valence-electron chi connectivity index (χ0n) is 11.3. The van der Waals surface area contributed by atoms with E-state index < -0.39 is 10.0 Å². The van der Waals surface area contributed by atoms with Crippen molar-refractivity contribution in [3.63, 3.8) is 0 Å².